The molecule has 0 atom stereocenters. The quantitative estimate of drug-likeness (QED) is 0.396. The molecule has 1 saturated heterocycles. The number of ether oxygens (including phenoxy) is 1. The molecule has 1 aliphatic heterocycles. The van der Waals surface area contributed by atoms with Gasteiger partial charge in [0.2, 0.25) is 0 Å². The first kappa shape index (κ1) is 10.1. The Kier molecular flexibility index (Phi) is 4.50. The number of hydrogen-bond donors (Lipinski definition) is 0. The third-order valence-corrected chi connectivity index (χ3v) is 1.26. The molecule has 1 fully saturated rings. The molecular formula is C8H14O3. The third kappa shape index (κ3) is 3.75. The number of cyclic esters (lactones) is 2. The Bertz CT molecular complexity index is 135. The second kappa shape index (κ2) is 4.88. The highest BCUT2D eigenvalue weighted by Crippen LogP contribution is 2.14. The first-order valence-corrected chi connectivity index (χ1v) is 3.92. The summed E-state index contributed by atoms with van der Waals surface area (Å²) in [6.45, 7) is 5.86. The largest absolute Gasteiger partial charge is 0.393 e. The van der Waals surface area contributed by atoms with Gasteiger partial charge >= 0.3 is 11.9 Å². The molecule has 0 N–H and O–H groups in total. The standard InChI is InChI=1S/C6H8O3.C2H6/c1-4-2-5(7)9-6(8)3-4;1-2/h4H,2-3H2,1H3;1-2H3. The van der Waals surface area contributed by atoms with Gasteiger partial charge in [0.05, 0.1) is 0 Å². The van der Waals surface area contributed by atoms with E-state index in [2.05, 4.69) is 4.74 Å². The van der Waals surface area contributed by atoms with E-state index in [1.165, 1.54) is 0 Å². The van der Waals surface area contributed by atoms with Crippen molar-refractivity contribution in [2.45, 2.75) is 33.6 Å². The highest BCUT2D eigenvalue weighted by atomic mass is 16.6. The first-order valence-electron chi connectivity index (χ1n) is 3.92. The summed E-state index contributed by atoms with van der Waals surface area (Å²) >= 11 is 0. The minimum atomic E-state index is -0.390. The fourth-order valence-electron chi connectivity index (χ4n) is 0.852. The van der Waals surface area contributed by atoms with Crippen molar-refractivity contribution in [1.29, 1.82) is 0 Å². The van der Waals surface area contributed by atoms with Crippen molar-refractivity contribution in [2.24, 2.45) is 5.92 Å². The van der Waals surface area contributed by atoms with E-state index in [1.807, 2.05) is 20.8 Å². The Morgan fingerprint density at radius 2 is 1.55 bits per heavy atom. The molecule has 3 heteroatoms. The smallest absolute Gasteiger partial charge is 0.313 e. The van der Waals surface area contributed by atoms with E-state index in [4.69, 9.17) is 0 Å². The maximum absolute atomic E-state index is 10.4. The fraction of sp³-hybridized carbons (Fsp3) is 0.750. The van der Waals surface area contributed by atoms with E-state index >= 15 is 0 Å². The van der Waals surface area contributed by atoms with Crippen LogP contribution >= 0.6 is 0 Å². The van der Waals surface area contributed by atoms with Crippen molar-refractivity contribution in [3.63, 3.8) is 0 Å². The second-order valence-corrected chi connectivity index (χ2v) is 2.36. The van der Waals surface area contributed by atoms with Crippen molar-refractivity contribution in [3.05, 3.63) is 0 Å². The van der Waals surface area contributed by atoms with Gasteiger partial charge in [-0.2, -0.15) is 0 Å². The molecule has 0 amide bonds. The van der Waals surface area contributed by atoms with Gasteiger partial charge in [-0.15, -0.1) is 0 Å². The second-order valence-electron chi connectivity index (χ2n) is 2.36. The molecule has 0 saturated carbocycles. The van der Waals surface area contributed by atoms with Gasteiger partial charge in [0.15, 0.2) is 0 Å². The Balaban J connectivity index is 0.000000461. The summed E-state index contributed by atoms with van der Waals surface area (Å²) in [6.07, 6.45) is 0.761. The zero-order valence-corrected chi connectivity index (χ0v) is 7.22. The minimum Gasteiger partial charge on any atom is -0.393 e. The van der Waals surface area contributed by atoms with Crippen LogP contribution in [-0.2, 0) is 14.3 Å². The lowest BCUT2D eigenvalue weighted by atomic mass is 10.0. The molecule has 0 radical (unpaired) electrons. The topological polar surface area (TPSA) is 43.4 Å². The van der Waals surface area contributed by atoms with E-state index in [9.17, 15) is 9.59 Å². The van der Waals surface area contributed by atoms with Gasteiger partial charge in [-0.3, -0.25) is 9.59 Å². The summed E-state index contributed by atoms with van der Waals surface area (Å²) in [7, 11) is 0. The van der Waals surface area contributed by atoms with Gasteiger partial charge < -0.3 is 4.74 Å². The van der Waals surface area contributed by atoms with Crippen molar-refractivity contribution >= 4 is 11.9 Å². The lowest BCUT2D eigenvalue weighted by molar-refractivity contribution is -0.165. The third-order valence-electron chi connectivity index (χ3n) is 1.26. The summed E-state index contributed by atoms with van der Waals surface area (Å²) in [5.74, 6) is -0.615. The van der Waals surface area contributed by atoms with Gasteiger partial charge in [-0.05, 0) is 5.92 Å². The summed E-state index contributed by atoms with van der Waals surface area (Å²) < 4.78 is 4.28. The molecule has 0 unspecified atom stereocenters. The maximum atomic E-state index is 10.4. The normalized spacial score (nSPS) is 18.5. The van der Waals surface area contributed by atoms with Crippen molar-refractivity contribution < 1.29 is 14.3 Å². The van der Waals surface area contributed by atoms with E-state index in [0.717, 1.165) is 0 Å². The predicted octanol–water partition coefficient (Wildman–Crippen LogP) is 1.51. The monoisotopic (exact) mass is 158 g/mol. The summed E-state index contributed by atoms with van der Waals surface area (Å²) in [5, 5.41) is 0. The SMILES string of the molecule is CC.CC1CC(=O)OC(=O)C1. The van der Waals surface area contributed by atoms with Crippen LogP contribution in [0.1, 0.15) is 33.6 Å². The van der Waals surface area contributed by atoms with Gasteiger partial charge in [0.25, 0.3) is 0 Å². The molecule has 0 spiro atoms. The van der Waals surface area contributed by atoms with Gasteiger partial charge in [-0.25, -0.2) is 0 Å². The summed E-state index contributed by atoms with van der Waals surface area (Å²) in [5.41, 5.74) is 0. The van der Waals surface area contributed by atoms with E-state index in [-0.39, 0.29) is 5.92 Å². The van der Waals surface area contributed by atoms with Crippen LogP contribution in [0.4, 0.5) is 0 Å². The molecule has 11 heavy (non-hydrogen) atoms. The number of rotatable bonds is 0. The average Bonchev–Trinajstić information content (AvgIpc) is 1.88. The van der Waals surface area contributed by atoms with Crippen LogP contribution in [0.3, 0.4) is 0 Å². The Labute approximate surface area is 66.7 Å². The minimum absolute atomic E-state index is 0.166. The molecule has 0 aliphatic carbocycles. The summed E-state index contributed by atoms with van der Waals surface area (Å²) in [6, 6.07) is 0. The van der Waals surface area contributed by atoms with Crippen molar-refractivity contribution in [1.82, 2.24) is 0 Å². The number of esters is 2. The number of hydrogen-bond acceptors (Lipinski definition) is 3. The Hall–Kier alpha value is -0.860. The molecule has 0 aromatic carbocycles. The number of carbonyl (C=O) groups excluding carboxylic acids is 2. The highest BCUT2D eigenvalue weighted by Gasteiger charge is 2.23. The van der Waals surface area contributed by atoms with E-state index in [0.29, 0.717) is 12.8 Å². The van der Waals surface area contributed by atoms with Crippen molar-refractivity contribution in [3.8, 4) is 0 Å². The molecule has 1 heterocycles. The van der Waals surface area contributed by atoms with Crippen LogP contribution in [0.5, 0.6) is 0 Å². The van der Waals surface area contributed by atoms with Crippen LogP contribution in [0.15, 0.2) is 0 Å². The molecule has 0 bridgehead atoms. The van der Waals surface area contributed by atoms with Crippen LogP contribution in [0.25, 0.3) is 0 Å². The molecule has 0 aromatic heterocycles. The van der Waals surface area contributed by atoms with Crippen molar-refractivity contribution in [2.75, 3.05) is 0 Å². The molecule has 1 rings (SSSR count). The Morgan fingerprint density at radius 1 is 1.18 bits per heavy atom. The molecule has 1 aliphatic rings. The van der Waals surface area contributed by atoms with Crippen LogP contribution < -0.4 is 0 Å². The molecule has 0 aromatic rings. The van der Waals surface area contributed by atoms with Gasteiger partial charge in [-0.1, -0.05) is 20.8 Å². The fourth-order valence-corrected chi connectivity index (χ4v) is 0.852. The molecule has 64 valence electrons. The Morgan fingerprint density at radius 3 is 1.82 bits per heavy atom. The van der Waals surface area contributed by atoms with Crippen LogP contribution in [0.2, 0.25) is 0 Å². The van der Waals surface area contributed by atoms with E-state index in [1.54, 1.807) is 0 Å². The zero-order chi connectivity index (χ0) is 8.85. The average molecular weight is 158 g/mol. The summed E-state index contributed by atoms with van der Waals surface area (Å²) in [4.78, 5) is 20.9. The number of carbonyl (C=O) groups is 2. The molecule has 3 nitrogen and oxygen atoms in total. The first-order chi connectivity index (χ1) is 5.18. The lowest BCUT2D eigenvalue weighted by Gasteiger charge is -2.14. The van der Waals surface area contributed by atoms with Gasteiger partial charge in [0, 0.05) is 12.8 Å². The van der Waals surface area contributed by atoms with Crippen LogP contribution in [0, 0.1) is 5.92 Å². The zero-order valence-electron chi connectivity index (χ0n) is 7.22. The lowest BCUT2D eigenvalue weighted by Crippen LogP contribution is -2.23. The highest BCUT2D eigenvalue weighted by molar-refractivity contribution is 5.88. The maximum Gasteiger partial charge on any atom is 0.313 e. The van der Waals surface area contributed by atoms with Gasteiger partial charge in [0.1, 0.15) is 0 Å². The van der Waals surface area contributed by atoms with Crippen LogP contribution in [-0.4, -0.2) is 11.9 Å². The van der Waals surface area contributed by atoms with E-state index < -0.39 is 11.9 Å². The predicted molar refractivity (Wildman–Crippen MR) is 40.8 cm³/mol. The molecular weight excluding hydrogens is 144 g/mol.